The van der Waals surface area contributed by atoms with Crippen molar-refractivity contribution >= 4 is 56.0 Å². The quantitative estimate of drug-likeness (QED) is 0.259. The number of fused-ring (bicyclic) bond motifs is 1. The molecule has 0 spiro atoms. The van der Waals surface area contributed by atoms with E-state index >= 15 is 0 Å². The van der Waals surface area contributed by atoms with Gasteiger partial charge in [0.25, 0.3) is 11.8 Å². The summed E-state index contributed by atoms with van der Waals surface area (Å²) in [6.07, 6.45) is -0.406. The van der Waals surface area contributed by atoms with E-state index in [0.717, 1.165) is 16.3 Å². The van der Waals surface area contributed by atoms with Gasteiger partial charge in [-0.25, -0.2) is 0 Å². The number of alkyl halides is 1. The number of nitrogens with one attached hydrogen (secondary N) is 2. The van der Waals surface area contributed by atoms with E-state index in [4.69, 9.17) is 4.84 Å². The van der Waals surface area contributed by atoms with Crippen molar-refractivity contribution < 1.29 is 29.1 Å². The predicted molar refractivity (Wildman–Crippen MR) is 159 cm³/mol. The summed E-state index contributed by atoms with van der Waals surface area (Å²) in [5, 5.41) is 21.1. The lowest BCUT2D eigenvalue weighted by Gasteiger charge is -2.29. The van der Waals surface area contributed by atoms with Crippen molar-refractivity contribution in [1.82, 2.24) is 10.6 Å². The highest BCUT2D eigenvalue weighted by molar-refractivity contribution is 9.09. The lowest BCUT2D eigenvalue weighted by Crippen LogP contribution is -2.55. The molecule has 0 fully saturated rings. The van der Waals surface area contributed by atoms with Gasteiger partial charge in [0, 0.05) is 18.4 Å². The predicted octanol–water partition coefficient (Wildman–Crippen LogP) is 4.28. The number of halogens is 1. The van der Waals surface area contributed by atoms with Crippen LogP contribution in [0.5, 0.6) is 0 Å². The van der Waals surface area contributed by atoms with Crippen molar-refractivity contribution in [2.75, 3.05) is 5.33 Å². The van der Waals surface area contributed by atoms with Crippen LogP contribution in [0, 0.1) is 5.92 Å². The van der Waals surface area contributed by atoms with Crippen LogP contribution in [0.2, 0.25) is 0 Å². The third-order valence-electron chi connectivity index (χ3n) is 7.08. The third-order valence-corrected chi connectivity index (χ3v) is 7.63. The van der Waals surface area contributed by atoms with Crippen LogP contribution in [0.4, 0.5) is 0 Å². The summed E-state index contributed by atoms with van der Waals surface area (Å²) >= 11 is 3.06. The molecular weight excluding hydrogens is 590 g/mol. The number of hydrogen-bond donors (Lipinski definition) is 3. The number of carboxylic acid groups (broad SMARTS) is 1. The number of carboxylic acids is 1. The van der Waals surface area contributed by atoms with Crippen LogP contribution >= 0.6 is 15.9 Å². The highest BCUT2D eigenvalue weighted by Gasteiger charge is 2.49. The van der Waals surface area contributed by atoms with Gasteiger partial charge in [-0.1, -0.05) is 95.6 Å². The molecule has 3 N–H and O–H groups in total. The normalized spacial score (nSPS) is 17.8. The van der Waals surface area contributed by atoms with Gasteiger partial charge in [0.05, 0.1) is 29.5 Å². The largest absolute Gasteiger partial charge is 0.481 e. The molecule has 0 aromatic heterocycles. The van der Waals surface area contributed by atoms with E-state index in [-0.39, 0.29) is 30.0 Å². The number of carbonyl (C=O) groups is 4. The van der Waals surface area contributed by atoms with Gasteiger partial charge in [-0.2, -0.15) is 0 Å². The van der Waals surface area contributed by atoms with Crippen LogP contribution in [0.3, 0.4) is 0 Å². The first-order chi connectivity index (χ1) is 19.6. The van der Waals surface area contributed by atoms with Crippen LogP contribution < -0.4 is 10.6 Å². The third kappa shape index (κ3) is 7.18. The second-order valence-corrected chi connectivity index (χ2v) is 11.0. The molecule has 1 heterocycles. The molecule has 1 aliphatic rings. The monoisotopic (exact) mass is 621 g/mol. The van der Waals surface area contributed by atoms with E-state index < -0.39 is 41.8 Å². The second kappa shape index (κ2) is 13.1. The number of oxime groups is 1. The maximum atomic E-state index is 13.7. The van der Waals surface area contributed by atoms with Gasteiger partial charge in [0.15, 0.2) is 5.78 Å². The topological polar surface area (TPSA) is 134 Å². The number of nitrogens with zero attached hydrogens (tertiary/aromatic N) is 1. The number of aliphatic carboxylic acids is 1. The smallest absolute Gasteiger partial charge is 0.305 e. The maximum absolute atomic E-state index is 13.7. The average molecular weight is 623 g/mol. The van der Waals surface area contributed by atoms with Crippen molar-refractivity contribution in [3.05, 3.63) is 83.9 Å². The molecule has 0 saturated heterocycles. The molecule has 3 aromatic rings. The minimum absolute atomic E-state index is 0.0386. The summed E-state index contributed by atoms with van der Waals surface area (Å²) < 4.78 is 0. The zero-order chi connectivity index (χ0) is 29.6. The molecule has 0 bridgehead atoms. The molecule has 0 radical (unpaired) electrons. The van der Waals surface area contributed by atoms with E-state index in [1.54, 1.807) is 6.07 Å². The Labute approximate surface area is 246 Å². The van der Waals surface area contributed by atoms with Crippen LogP contribution in [-0.2, 0) is 25.6 Å². The molecule has 1 unspecified atom stereocenters. The fraction of sp³-hybridized carbons (Fsp3) is 0.323. The SMILES string of the molecule is CC(C)[C@H](NC(=O)c1ccc2ccccc2c1)C1=NOC(Cc2ccccc2)(C(=O)N[C@@H](CC(=O)O)C(=O)CBr)C1. The van der Waals surface area contributed by atoms with E-state index in [1.165, 1.54) is 0 Å². The Morgan fingerprint density at radius 3 is 2.32 bits per heavy atom. The van der Waals surface area contributed by atoms with Gasteiger partial charge < -0.3 is 20.6 Å². The Bertz CT molecular complexity index is 1470. The van der Waals surface area contributed by atoms with E-state index in [1.807, 2.05) is 80.6 Å². The van der Waals surface area contributed by atoms with Gasteiger partial charge in [-0.15, -0.1) is 0 Å². The number of carbonyl (C=O) groups excluding carboxylic acids is 3. The summed E-state index contributed by atoms with van der Waals surface area (Å²) in [5.74, 6) is -2.72. The molecule has 3 aromatic carbocycles. The zero-order valence-electron chi connectivity index (χ0n) is 22.8. The van der Waals surface area contributed by atoms with Crippen LogP contribution in [0.15, 0.2) is 78.0 Å². The van der Waals surface area contributed by atoms with Gasteiger partial charge >= 0.3 is 5.97 Å². The lowest BCUT2D eigenvalue weighted by atomic mass is 9.84. The minimum Gasteiger partial charge on any atom is -0.481 e. The van der Waals surface area contributed by atoms with Crippen LogP contribution in [0.1, 0.15) is 42.6 Å². The summed E-state index contributed by atoms with van der Waals surface area (Å²) in [4.78, 5) is 56.7. The first-order valence-corrected chi connectivity index (χ1v) is 14.4. The molecule has 0 aliphatic carbocycles. The van der Waals surface area contributed by atoms with Crippen LogP contribution in [-0.4, -0.2) is 57.4 Å². The Morgan fingerprint density at radius 2 is 1.66 bits per heavy atom. The Morgan fingerprint density at radius 1 is 0.976 bits per heavy atom. The zero-order valence-corrected chi connectivity index (χ0v) is 24.4. The van der Waals surface area contributed by atoms with E-state index in [9.17, 15) is 24.3 Å². The van der Waals surface area contributed by atoms with E-state index in [2.05, 4.69) is 31.7 Å². The number of hydrogen-bond acceptors (Lipinski definition) is 6. The number of rotatable bonds is 12. The maximum Gasteiger partial charge on any atom is 0.305 e. The first-order valence-electron chi connectivity index (χ1n) is 13.3. The molecule has 0 saturated carbocycles. The van der Waals surface area contributed by atoms with Crippen molar-refractivity contribution in [2.24, 2.45) is 11.1 Å². The summed E-state index contributed by atoms with van der Waals surface area (Å²) in [6, 6.07) is 20.7. The van der Waals surface area contributed by atoms with Crippen molar-refractivity contribution in [1.29, 1.82) is 0 Å². The Balaban J connectivity index is 1.58. The second-order valence-electron chi connectivity index (χ2n) is 10.5. The van der Waals surface area contributed by atoms with Gasteiger partial charge in [-0.3, -0.25) is 19.2 Å². The molecule has 4 rings (SSSR count). The number of benzene rings is 3. The highest BCUT2D eigenvalue weighted by atomic mass is 79.9. The summed E-state index contributed by atoms with van der Waals surface area (Å²) in [7, 11) is 0. The number of ketones is 1. The Kier molecular flexibility index (Phi) is 9.54. The lowest BCUT2D eigenvalue weighted by molar-refractivity contribution is -0.147. The molecule has 1 aliphatic heterocycles. The molecule has 2 amide bonds. The van der Waals surface area contributed by atoms with E-state index in [0.29, 0.717) is 11.3 Å². The summed E-state index contributed by atoms with van der Waals surface area (Å²) in [6.45, 7) is 3.87. The number of amides is 2. The molecule has 214 valence electrons. The molecule has 10 heteroatoms. The average Bonchev–Trinajstić information content (AvgIpc) is 3.39. The van der Waals surface area contributed by atoms with Crippen LogP contribution in [0.25, 0.3) is 10.8 Å². The van der Waals surface area contributed by atoms with Gasteiger partial charge in [0.1, 0.15) is 0 Å². The fourth-order valence-corrected chi connectivity index (χ4v) is 5.28. The van der Waals surface area contributed by atoms with Crippen molar-refractivity contribution in [2.45, 2.75) is 50.8 Å². The van der Waals surface area contributed by atoms with Gasteiger partial charge in [0.2, 0.25) is 5.60 Å². The standard InChI is InChI=1S/C31H32BrN3O6/c1-19(2)28(34-29(39)23-13-12-21-10-6-7-11-22(21)14-23)25-17-31(41-35-25,16-20-8-4-3-5-9-20)30(40)33-24(15-27(37)38)26(36)18-32/h3-14,19,24,28H,15-18H2,1-2H3,(H,33,40)(H,34,39)(H,37,38)/t24-,28-,31?/m0/s1. The molecule has 41 heavy (non-hydrogen) atoms. The number of Topliss-reactive ketones (excluding diaryl/α,β-unsaturated/α-hetero) is 1. The summed E-state index contributed by atoms with van der Waals surface area (Å²) in [5.41, 5.74) is 0.219. The van der Waals surface area contributed by atoms with Crippen molar-refractivity contribution in [3.8, 4) is 0 Å². The molecule has 3 atom stereocenters. The highest BCUT2D eigenvalue weighted by Crippen LogP contribution is 2.32. The van der Waals surface area contributed by atoms with Gasteiger partial charge in [-0.05, 0) is 34.4 Å². The molecule has 9 nitrogen and oxygen atoms in total. The molecular formula is C31H32BrN3O6. The van der Waals surface area contributed by atoms with Crippen molar-refractivity contribution in [3.63, 3.8) is 0 Å². The minimum atomic E-state index is -1.54. The Hall–Kier alpha value is -4.05. The first kappa shape index (κ1) is 29.9. The fourth-order valence-electron chi connectivity index (χ4n) is 4.88.